The van der Waals surface area contributed by atoms with Crippen molar-refractivity contribution in [2.75, 3.05) is 0 Å². The van der Waals surface area contributed by atoms with Crippen molar-refractivity contribution in [3.05, 3.63) is 53.9 Å². The van der Waals surface area contributed by atoms with Crippen molar-refractivity contribution in [3.63, 3.8) is 0 Å². The largest absolute Gasteiger partial charge is 0.441 e. The molecule has 3 heterocycles. The maximum Gasteiger partial charge on any atom is 0.226 e. The number of aryl methyl sites for hydroxylation is 2. The zero-order valence-electron chi connectivity index (χ0n) is 13.3. The van der Waals surface area contributed by atoms with E-state index in [0.29, 0.717) is 17.3 Å². The summed E-state index contributed by atoms with van der Waals surface area (Å²) in [5, 5.41) is 0.859. The normalized spacial score (nSPS) is 11.2. The van der Waals surface area contributed by atoms with Gasteiger partial charge in [0.15, 0.2) is 5.65 Å². The van der Waals surface area contributed by atoms with Gasteiger partial charge in [-0.05, 0) is 25.5 Å². The lowest BCUT2D eigenvalue weighted by molar-refractivity contribution is 0.540. The van der Waals surface area contributed by atoms with E-state index >= 15 is 0 Å². The molecule has 24 heavy (non-hydrogen) atoms. The number of oxazole rings is 1. The summed E-state index contributed by atoms with van der Waals surface area (Å²) in [6, 6.07) is 8.08. The first-order chi connectivity index (χ1) is 11.7. The molecule has 1 N–H and O–H groups in total. The number of benzene rings is 1. The van der Waals surface area contributed by atoms with Gasteiger partial charge in [0.1, 0.15) is 22.6 Å². The van der Waals surface area contributed by atoms with Gasteiger partial charge in [-0.3, -0.25) is 0 Å². The molecule has 1 aromatic carbocycles. The highest BCUT2D eigenvalue weighted by Crippen LogP contribution is 2.29. The average molecular weight is 337 g/mol. The van der Waals surface area contributed by atoms with Gasteiger partial charge in [0.2, 0.25) is 5.89 Å². The number of imidazole rings is 1. The number of nitrogens with zero attached hydrogens (tertiary/aromatic N) is 4. The van der Waals surface area contributed by atoms with Crippen LogP contribution in [0.1, 0.15) is 17.0 Å². The van der Waals surface area contributed by atoms with Crippen LogP contribution in [-0.2, 0) is 5.75 Å². The summed E-state index contributed by atoms with van der Waals surface area (Å²) in [7, 11) is 0. The van der Waals surface area contributed by atoms with Gasteiger partial charge in [0, 0.05) is 11.3 Å². The highest BCUT2D eigenvalue weighted by Gasteiger charge is 2.14. The molecule has 0 amide bonds. The Bertz CT molecular complexity index is 1010. The molecule has 0 saturated heterocycles. The smallest absolute Gasteiger partial charge is 0.226 e. The fraction of sp³-hybridized carbons (Fsp3) is 0.176. The molecule has 3 aromatic heterocycles. The minimum Gasteiger partial charge on any atom is -0.441 e. The molecule has 0 aliphatic rings. The quantitative estimate of drug-likeness (QED) is 0.449. The van der Waals surface area contributed by atoms with Gasteiger partial charge in [0.05, 0.1) is 12.0 Å². The molecule has 0 spiro atoms. The van der Waals surface area contributed by atoms with E-state index in [9.17, 15) is 0 Å². The van der Waals surface area contributed by atoms with Gasteiger partial charge in [-0.15, -0.1) is 0 Å². The van der Waals surface area contributed by atoms with Crippen molar-refractivity contribution in [3.8, 4) is 11.5 Å². The molecule has 0 atom stereocenters. The van der Waals surface area contributed by atoms with E-state index in [4.69, 9.17) is 4.42 Å². The fourth-order valence-corrected chi connectivity index (χ4v) is 3.44. The van der Waals surface area contributed by atoms with Crippen LogP contribution in [0, 0.1) is 13.8 Å². The highest BCUT2D eigenvalue weighted by molar-refractivity contribution is 7.98. The number of fused-ring (bicyclic) bond motifs is 1. The summed E-state index contributed by atoms with van der Waals surface area (Å²) in [5.41, 5.74) is 4.61. The first-order valence-corrected chi connectivity index (χ1v) is 8.50. The lowest BCUT2D eigenvalue weighted by Gasteiger charge is -2.00. The molecular formula is C17H15N5OS. The van der Waals surface area contributed by atoms with Crippen LogP contribution < -0.4 is 0 Å². The summed E-state index contributed by atoms with van der Waals surface area (Å²) >= 11 is 1.59. The van der Waals surface area contributed by atoms with E-state index in [0.717, 1.165) is 33.1 Å². The minimum absolute atomic E-state index is 0.663. The topological polar surface area (TPSA) is 80.5 Å². The molecule has 0 unspecified atom stereocenters. The van der Waals surface area contributed by atoms with Crippen LogP contribution in [0.4, 0.5) is 0 Å². The monoisotopic (exact) mass is 337 g/mol. The molecule has 0 fully saturated rings. The Morgan fingerprint density at radius 3 is 2.88 bits per heavy atom. The van der Waals surface area contributed by atoms with E-state index in [1.165, 1.54) is 6.33 Å². The van der Waals surface area contributed by atoms with Gasteiger partial charge >= 0.3 is 0 Å². The summed E-state index contributed by atoms with van der Waals surface area (Å²) < 4.78 is 5.87. The molecule has 0 radical (unpaired) electrons. The predicted octanol–water partition coefficient (Wildman–Crippen LogP) is 3.92. The van der Waals surface area contributed by atoms with Gasteiger partial charge in [-0.25, -0.2) is 19.9 Å². The van der Waals surface area contributed by atoms with Crippen LogP contribution in [0.3, 0.4) is 0 Å². The molecule has 0 aliphatic heterocycles. The van der Waals surface area contributed by atoms with Crippen LogP contribution in [0.25, 0.3) is 22.6 Å². The van der Waals surface area contributed by atoms with Crippen molar-refractivity contribution >= 4 is 22.9 Å². The number of aromatic amines is 1. The van der Waals surface area contributed by atoms with Crippen molar-refractivity contribution in [1.82, 2.24) is 24.9 Å². The molecule has 0 saturated carbocycles. The lowest BCUT2D eigenvalue weighted by atomic mass is 10.1. The van der Waals surface area contributed by atoms with E-state index in [1.807, 2.05) is 25.1 Å². The summed E-state index contributed by atoms with van der Waals surface area (Å²) in [4.78, 5) is 20.3. The molecule has 4 rings (SSSR count). The van der Waals surface area contributed by atoms with Crippen molar-refractivity contribution in [2.45, 2.75) is 24.6 Å². The molecule has 7 heteroatoms. The maximum absolute atomic E-state index is 5.87. The lowest BCUT2D eigenvalue weighted by Crippen LogP contribution is -1.89. The summed E-state index contributed by atoms with van der Waals surface area (Å²) in [6.45, 7) is 4.00. The Hall–Kier alpha value is -2.67. The molecular weight excluding hydrogens is 322 g/mol. The highest BCUT2D eigenvalue weighted by atomic mass is 32.2. The second-order valence-electron chi connectivity index (χ2n) is 5.41. The molecule has 0 bridgehead atoms. The Morgan fingerprint density at radius 2 is 2.00 bits per heavy atom. The number of hydrogen-bond donors (Lipinski definition) is 1. The third-order valence-electron chi connectivity index (χ3n) is 3.80. The summed E-state index contributed by atoms with van der Waals surface area (Å²) in [6.07, 6.45) is 3.15. The van der Waals surface area contributed by atoms with Crippen LogP contribution in [0.15, 0.2) is 46.4 Å². The van der Waals surface area contributed by atoms with Gasteiger partial charge in [-0.2, -0.15) is 0 Å². The zero-order valence-corrected chi connectivity index (χ0v) is 14.1. The second-order valence-corrected chi connectivity index (χ2v) is 6.37. The number of H-pyrrole nitrogens is 1. The number of hydrogen-bond acceptors (Lipinski definition) is 6. The van der Waals surface area contributed by atoms with Crippen LogP contribution in [0.2, 0.25) is 0 Å². The van der Waals surface area contributed by atoms with E-state index < -0.39 is 0 Å². The zero-order chi connectivity index (χ0) is 16.5. The summed E-state index contributed by atoms with van der Waals surface area (Å²) in [5.74, 6) is 2.16. The Kier molecular flexibility index (Phi) is 3.78. The number of aromatic nitrogens is 5. The van der Waals surface area contributed by atoms with Crippen molar-refractivity contribution in [1.29, 1.82) is 0 Å². The maximum atomic E-state index is 5.87. The molecule has 120 valence electrons. The fourth-order valence-electron chi connectivity index (χ4n) is 2.48. The van der Waals surface area contributed by atoms with Crippen LogP contribution >= 0.6 is 11.8 Å². The number of nitrogens with one attached hydrogen (secondary N) is 1. The standard InChI is InChI=1S/C17H15N5OS/c1-10-5-3-4-6-12(10)16-22-13(11(2)23-16)7-24-17-14-15(19-8-18-14)20-9-21-17/h3-6,8-9H,7H2,1-2H3,(H,18,19,20,21). The first kappa shape index (κ1) is 14.9. The Labute approximate surface area is 142 Å². The molecule has 6 nitrogen and oxygen atoms in total. The van der Waals surface area contributed by atoms with Crippen LogP contribution in [-0.4, -0.2) is 24.9 Å². The minimum atomic E-state index is 0.663. The molecule has 4 aromatic rings. The van der Waals surface area contributed by atoms with Crippen molar-refractivity contribution in [2.24, 2.45) is 0 Å². The SMILES string of the molecule is Cc1ccccc1-c1nc(CSc2ncnc3nc[nH]c23)c(C)o1. The average Bonchev–Trinajstić information content (AvgIpc) is 3.20. The number of rotatable bonds is 4. The second kappa shape index (κ2) is 6.09. The Morgan fingerprint density at radius 1 is 1.12 bits per heavy atom. The van der Waals surface area contributed by atoms with Gasteiger partial charge in [-0.1, -0.05) is 30.0 Å². The van der Waals surface area contributed by atoms with E-state index in [2.05, 4.69) is 37.9 Å². The van der Waals surface area contributed by atoms with Crippen molar-refractivity contribution < 1.29 is 4.42 Å². The van der Waals surface area contributed by atoms with E-state index in [-0.39, 0.29) is 0 Å². The molecule has 0 aliphatic carbocycles. The van der Waals surface area contributed by atoms with Gasteiger partial charge in [0.25, 0.3) is 0 Å². The predicted molar refractivity (Wildman–Crippen MR) is 92.7 cm³/mol. The van der Waals surface area contributed by atoms with E-state index in [1.54, 1.807) is 18.1 Å². The van der Waals surface area contributed by atoms with Gasteiger partial charge < -0.3 is 9.40 Å². The first-order valence-electron chi connectivity index (χ1n) is 7.51. The third-order valence-corrected chi connectivity index (χ3v) is 4.80. The Balaban J connectivity index is 1.60. The number of thioether (sulfide) groups is 1. The van der Waals surface area contributed by atoms with Crippen LogP contribution in [0.5, 0.6) is 0 Å². The third kappa shape index (κ3) is 2.67.